The van der Waals surface area contributed by atoms with E-state index in [0.717, 1.165) is 16.7 Å². The number of hydrogen-bond donors (Lipinski definition) is 1. The van der Waals surface area contributed by atoms with Crippen LogP contribution in [0.3, 0.4) is 0 Å². The van der Waals surface area contributed by atoms with Crippen LogP contribution < -0.4 is 0 Å². The number of benzene rings is 2. The Morgan fingerprint density at radius 2 is 1.78 bits per heavy atom. The number of nitrogens with zero attached hydrogens (tertiary/aromatic N) is 2. The molecular formula is C20H16N2O. The summed E-state index contributed by atoms with van der Waals surface area (Å²) in [6.45, 7) is 4.48. The van der Waals surface area contributed by atoms with Gasteiger partial charge in [0.1, 0.15) is 11.4 Å². The summed E-state index contributed by atoms with van der Waals surface area (Å²) < 4.78 is 2.19. The number of hydrogen-bond acceptors (Lipinski definition) is 2. The molecule has 3 nitrogen and oxygen atoms in total. The van der Waals surface area contributed by atoms with Crippen LogP contribution in [0.4, 0.5) is 0 Å². The third kappa shape index (κ3) is 1.42. The Balaban J connectivity index is 2.13. The van der Waals surface area contributed by atoms with Gasteiger partial charge in [-0.05, 0) is 29.3 Å². The van der Waals surface area contributed by atoms with Crippen LogP contribution in [0.1, 0.15) is 25.0 Å². The van der Waals surface area contributed by atoms with E-state index in [1.165, 1.54) is 22.0 Å². The largest absolute Gasteiger partial charge is 0.508 e. The van der Waals surface area contributed by atoms with Crippen molar-refractivity contribution in [2.24, 2.45) is 0 Å². The van der Waals surface area contributed by atoms with Gasteiger partial charge in [0.15, 0.2) is 0 Å². The molecule has 2 aromatic carbocycles. The summed E-state index contributed by atoms with van der Waals surface area (Å²) in [4.78, 5) is 4.62. The van der Waals surface area contributed by atoms with Crippen LogP contribution >= 0.6 is 0 Å². The fraction of sp³-hybridized carbons (Fsp3) is 0.150. The van der Waals surface area contributed by atoms with E-state index in [1.54, 1.807) is 6.07 Å². The summed E-state index contributed by atoms with van der Waals surface area (Å²) in [6, 6.07) is 16.2. The van der Waals surface area contributed by atoms with Crippen molar-refractivity contribution < 1.29 is 5.11 Å². The van der Waals surface area contributed by atoms with Crippen molar-refractivity contribution in [1.29, 1.82) is 0 Å². The fourth-order valence-corrected chi connectivity index (χ4v) is 4.01. The van der Waals surface area contributed by atoms with Crippen LogP contribution in [0.25, 0.3) is 27.6 Å². The van der Waals surface area contributed by atoms with Crippen molar-refractivity contribution in [3.63, 3.8) is 0 Å². The van der Waals surface area contributed by atoms with E-state index in [1.807, 2.05) is 24.4 Å². The zero-order chi connectivity index (χ0) is 15.8. The number of phenols is 1. The Bertz CT molecular complexity index is 1110. The van der Waals surface area contributed by atoms with Gasteiger partial charge in [0, 0.05) is 28.5 Å². The molecule has 3 heterocycles. The van der Waals surface area contributed by atoms with E-state index in [4.69, 9.17) is 0 Å². The second-order valence-corrected chi connectivity index (χ2v) is 6.74. The molecule has 5 rings (SSSR count). The van der Waals surface area contributed by atoms with Gasteiger partial charge < -0.3 is 5.11 Å². The first-order valence-corrected chi connectivity index (χ1v) is 7.81. The molecule has 0 saturated carbocycles. The minimum atomic E-state index is -0.118. The maximum Gasteiger partial charge on any atom is 0.145 e. The maximum atomic E-state index is 10.0. The molecule has 0 amide bonds. The van der Waals surface area contributed by atoms with Crippen LogP contribution in [0.2, 0.25) is 0 Å². The van der Waals surface area contributed by atoms with Crippen molar-refractivity contribution in [1.82, 2.24) is 9.55 Å². The van der Waals surface area contributed by atoms with Crippen molar-refractivity contribution in [2.45, 2.75) is 19.3 Å². The Morgan fingerprint density at radius 3 is 2.65 bits per heavy atom. The van der Waals surface area contributed by atoms with Gasteiger partial charge in [-0.1, -0.05) is 38.1 Å². The summed E-state index contributed by atoms with van der Waals surface area (Å²) >= 11 is 0. The molecule has 112 valence electrons. The number of fused-ring (bicyclic) bond motifs is 5. The van der Waals surface area contributed by atoms with Gasteiger partial charge >= 0.3 is 0 Å². The van der Waals surface area contributed by atoms with Gasteiger partial charge in [0.25, 0.3) is 0 Å². The van der Waals surface area contributed by atoms with Crippen LogP contribution in [-0.2, 0) is 5.41 Å². The lowest BCUT2D eigenvalue weighted by Gasteiger charge is -2.34. The molecule has 0 saturated heterocycles. The third-order valence-electron chi connectivity index (χ3n) is 5.12. The molecule has 0 fully saturated rings. The summed E-state index contributed by atoms with van der Waals surface area (Å²) in [5, 5.41) is 12.4. The summed E-state index contributed by atoms with van der Waals surface area (Å²) in [5.74, 6) is 0.282. The van der Waals surface area contributed by atoms with Gasteiger partial charge in [-0.3, -0.25) is 4.57 Å². The quantitative estimate of drug-likeness (QED) is 0.518. The molecule has 1 aliphatic heterocycles. The molecule has 4 aromatic rings. The normalized spacial score (nSPS) is 15.0. The van der Waals surface area contributed by atoms with E-state index in [2.05, 4.69) is 47.7 Å². The van der Waals surface area contributed by atoms with Crippen LogP contribution in [0, 0.1) is 0 Å². The number of phenolic OH excluding ortho intramolecular Hbond substituents is 1. The van der Waals surface area contributed by atoms with E-state index in [0.29, 0.717) is 0 Å². The molecule has 0 unspecified atom stereocenters. The fourth-order valence-electron chi connectivity index (χ4n) is 4.01. The Kier molecular flexibility index (Phi) is 2.17. The average molecular weight is 300 g/mol. The number of aromatic hydroxyl groups is 1. The van der Waals surface area contributed by atoms with Gasteiger partial charge in [-0.2, -0.15) is 0 Å². The number of para-hydroxylation sites is 1. The van der Waals surface area contributed by atoms with Gasteiger partial charge in [0.05, 0.1) is 11.2 Å². The topological polar surface area (TPSA) is 38.0 Å². The number of pyridine rings is 1. The van der Waals surface area contributed by atoms with E-state index in [9.17, 15) is 5.11 Å². The lowest BCUT2D eigenvalue weighted by atomic mass is 9.74. The molecule has 3 heteroatoms. The highest BCUT2D eigenvalue weighted by Gasteiger charge is 2.35. The predicted molar refractivity (Wildman–Crippen MR) is 92.4 cm³/mol. The molecule has 0 atom stereocenters. The van der Waals surface area contributed by atoms with Crippen LogP contribution in [-0.4, -0.2) is 14.7 Å². The third-order valence-corrected chi connectivity index (χ3v) is 5.12. The summed E-state index contributed by atoms with van der Waals surface area (Å²) in [7, 11) is 0. The second kappa shape index (κ2) is 3.93. The highest BCUT2D eigenvalue weighted by molar-refractivity contribution is 6.10. The molecule has 0 bridgehead atoms. The Morgan fingerprint density at radius 1 is 0.957 bits per heavy atom. The molecule has 0 aliphatic carbocycles. The number of rotatable bonds is 0. The van der Waals surface area contributed by atoms with E-state index >= 15 is 0 Å². The van der Waals surface area contributed by atoms with Gasteiger partial charge in [0.2, 0.25) is 0 Å². The van der Waals surface area contributed by atoms with Gasteiger partial charge in [-0.15, -0.1) is 0 Å². The SMILES string of the molecule is CC1(C)c2ccc(O)cc2-n2c3ncccc3c3cccc1c32. The first-order valence-electron chi connectivity index (χ1n) is 7.81. The first kappa shape index (κ1) is 12.7. The van der Waals surface area contributed by atoms with Crippen molar-refractivity contribution >= 4 is 21.9 Å². The molecular weight excluding hydrogens is 284 g/mol. The highest BCUT2D eigenvalue weighted by atomic mass is 16.3. The Labute approximate surface area is 133 Å². The minimum Gasteiger partial charge on any atom is -0.508 e. The first-order chi connectivity index (χ1) is 11.1. The summed E-state index contributed by atoms with van der Waals surface area (Å²) in [6.07, 6.45) is 1.83. The monoisotopic (exact) mass is 300 g/mol. The standard InChI is InChI=1S/C20H16N2O/c1-20(2)15-9-8-12(23)11-17(15)22-18-13(5-3-7-16(18)20)14-6-4-10-21-19(14)22/h3-11,23H,1-2H3. The predicted octanol–water partition coefficient (Wildman–Crippen LogP) is 4.52. The van der Waals surface area contributed by atoms with Crippen molar-refractivity contribution in [3.8, 4) is 11.4 Å². The molecule has 1 N–H and O–H groups in total. The van der Waals surface area contributed by atoms with E-state index < -0.39 is 0 Å². The molecule has 0 spiro atoms. The lowest BCUT2D eigenvalue weighted by molar-refractivity contribution is 0.474. The van der Waals surface area contributed by atoms with Crippen LogP contribution in [0.15, 0.2) is 54.7 Å². The average Bonchev–Trinajstić information content (AvgIpc) is 2.88. The second-order valence-electron chi connectivity index (χ2n) is 6.74. The zero-order valence-corrected chi connectivity index (χ0v) is 13.0. The Hall–Kier alpha value is -2.81. The van der Waals surface area contributed by atoms with Crippen molar-refractivity contribution in [3.05, 3.63) is 65.9 Å². The minimum absolute atomic E-state index is 0.118. The van der Waals surface area contributed by atoms with Crippen molar-refractivity contribution in [2.75, 3.05) is 0 Å². The van der Waals surface area contributed by atoms with Crippen LogP contribution in [0.5, 0.6) is 5.75 Å². The zero-order valence-electron chi connectivity index (χ0n) is 13.0. The molecule has 23 heavy (non-hydrogen) atoms. The molecule has 0 radical (unpaired) electrons. The lowest BCUT2D eigenvalue weighted by Crippen LogP contribution is -2.26. The molecule has 2 aromatic heterocycles. The highest BCUT2D eigenvalue weighted by Crippen LogP contribution is 2.47. The van der Waals surface area contributed by atoms with E-state index in [-0.39, 0.29) is 11.2 Å². The summed E-state index contributed by atoms with van der Waals surface area (Å²) in [5.41, 5.74) is 5.55. The maximum absolute atomic E-state index is 10.0. The smallest absolute Gasteiger partial charge is 0.145 e. The molecule has 1 aliphatic rings. The van der Waals surface area contributed by atoms with Gasteiger partial charge in [-0.25, -0.2) is 4.98 Å². The number of aromatic nitrogens is 2.